The summed E-state index contributed by atoms with van der Waals surface area (Å²) >= 11 is 0. The number of rotatable bonds is 8. The molecule has 4 heteroatoms. The van der Waals surface area contributed by atoms with Crippen LogP contribution in [0.15, 0.2) is 24.3 Å². The van der Waals surface area contributed by atoms with E-state index >= 15 is 0 Å². The molecule has 0 heterocycles. The molecule has 19 heavy (non-hydrogen) atoms. The van der Waals surface area contributed by atoms with Gasteiger partial charge in [-0.1, -0.05) is 25.8 Å². The predicted molar refractivity (Wildman–Crippen MR) is 76.6 cm³/mol. The summed E-state index contributed by atoms with van der Waals surface area (Å²) in [5.41, 5.74) is 0.873. The highest BCUT2D eigenvalue weighted by Gasteiger charge is 2.18. The van der Waals surface area contributed by atoms with Gasteiger partial charge < -0.3 is 14.8 Å². The lowest BCUT2D eigenvalue weighted by molar-refractivity contribution is -0.141. The molecule has 0 bridgehead atoms. The first kappa shape index (κ1) is 15.3. The fourth-order valence-corrected chi connectivity index (χ4v) is 1.84. The van der Waals surface area contributed by atoms with Crippen molar-refractivity contribution < 1.29 is 14.3 Å². The molecular weight excluding hydrogens is 242 g/mol. The molecule has 0 saturated carbocycles. The third-order valence-corrected chi connectivity index (χ3v) is 2.82. The molecule has 1 rings (SSSR count). The van der Waals surface area contributed by atoms with Crippen LogP contribution in [0.1, 0.15) is 33.1 Å². The van der Waals surface area contributed by atoms with Gasteiger partial charge in [0.15, 0.2) is 0 Å². The van der Waals surface area contributed by atoms with Crippen LogP contribution in [0, 0.1) is 0 Å². The van der Waals surface area contributed by atoms with E-state index in [4.69, 9.17) is 9.47 Å². The third kappa shape index (κ3) is 5.20. The molecule has 0 fully saturated rings. The number of carbonyl (C=O) groups is 1. The minimum atomic E-state index is -0.304. The normalized spacial score (nSPS) is 11.7. The number of hydrogen-bond acceptors (Lipinski definition) is 4. The predicted octanol–water partition coefficient (Wildman–Crippen LogP) is 3.23. The van der Waals surface area contributed by atoms with Crippen LogP contribution in [-0.2, 0) is 9.53 Å². The summed E-state index contributed by atoms with van der Waals surface area (Å²) in [6.45, 7) is 4.67. The first-order chi connectivity index (χ1) is 9.21. The SMILES string of the molecule is CCCCC(Nc1cccc(OCC)c1)C(=O)OC. The van der Waals surface area contributed by atoms with Gasteiger partial charge in [0.05, 0.1) is 13.7 Å². The molecular formula is C15H23NO3. The lowest BCUT2D eigenvalue weighted by atomic mass is 10.1. The highest BCUT2D eigenvalue weighted by molar-refractivity contribution is 5.79. The second kappa shape index (κ2) is 8.40. The first-order valence-electron chi connectivity index (χ1n) is 6.78. The van der Waals surface area contributed by atoms with Gasteiger partial charge >= 0.3 is 5.97 Å². The molecule has 0 amide bonds. The van der Waals surface area contributed by atoms with Gasteiger partial charge in [-0.05, 0) is 25.5 Å². The molecule has 1 atom stereocenters. The zero-order chi connectivity index (χ0) is 14.1. The van der Waals surface area contributed by atoms with Crippen molar-refractivity contribution in [1.82, 2.24) is 0 Å². The van der Waals surface area contributed by atoms with Gasteiger partial charge in [0, 0.05) is 11.8 Å². The Morgan fingerprint density at radius 1 is 1.37 bits per heavy atom. The van der Waals surface area contributed by atoms with Gasteiger partial charge in [0.2, 0.25) is 0 Å². The quantitative estimate of drug-likeness (QED) is 0.733. The maximum absolute atomic E-state index is 11.7. The molecule has 0 aliphatic carbocycles. The van der Waals surface area contributed by atoms with Crippen LogP contribution in [-0.4, -0.2) is 25.7 Å². The first-order valence-corrected chi connectivity index (χ1v) is 6.78. The van der Waals surface area contributed by atoms with Crippen molar-refractivity contribution in [1.29, 1.82) is 0 Å². The number of esters is 1. The standard InChI is InChI=1S/C15H23NO3/c1-4-6-10-14(15(17)18-3)16-12-8-7-9-13(11-12)19-5-2/h7-9,11,14,16H,4-6,10H2,1-3H3. The van der Waals surface area contributed by atoms with Crippen molar-refractivity contribution in [3.05, 3.63) is 24.3 Å². The molecule has 4 nitrogen and oxygen atoms in total. The number of ether oxygens (including phenoxy) is 2. The van der Waals surface area contributed by atoms with E-state index < -0.39 is 0 Å². The molecule has 1 N–H and O–H groups in total. The maximum Gasteiger partial charge on any atom is 0.328 e. The second-order valence-corrected chi connectivity index (χ2v) is 4.32. The Labute approximate surface area is 115 Å². The highest BCUT2D eigenvalue weighted by atomic mass is 16.5. The Morgan fingerprint density at radius 2 is 2.16 bits per heavy atom. The Balaban J connectivity index is 2.71. The van der Waals surface area contributed by atoms with Crippen molar-refractivity contribution in [2.75, 3.05) is 19.0 Å². The molecule has 0 saturated heterocycles. The molecule has 0 aromatic heterocycles. The van der Waals surface area contributed by atoms with Gasteiger partial charge in [0.1, 0.15) is 11.8 Å². The zero-order valence-electron chi connectivity index (χ0n) is 11.9. The van der Waals surface area contributed by atoms with Crippen LogP contribution in [0.4, 0.5) is 5.69 Å². The van der Waals surface area contributed by atoms with Crippen molar-refractivity contribution in [2.24, 2.45) is 0 Å². The minimum absolute atomic E-state index is 0.227. The van der Waals surface area contributed by atoms with Crippen molar-refractivity contribution in [2.45, 2.75) is 39.2 Å². The summed E-state index contributed by atoms with van der Waals surface area (Å²) < 4.78 is 10.3. The minimum Gasteiger partial charge on any atom is -0.494 e. The van der Waals surface area contributed by atoms with Crippen LogP contribution < -0.4 is 10.1 Å². The Morgan fingerprint density at radius 3 is 2.79 bits per heavy atom. The van der Waals surface area contributed by atoms with E-state index in [0.717, 1.165) is 30.7 Å². The number of nitrogens with one attached hydrogen (secondary N) is 1. The largest absolute Gasteiger partial charge is 0.494 e. The van der Waals surface area contributed by atoms with E-state index in [1.54, 1.807) is 0 Å². The van der Waals surface area contributed by atoms with E-state index in [9.17, 15) is 4.79 Å². The van der Waals surface area contributed by atoms with Gasteiger partial charge in [-0.25, -0.2) is 4.79 Å². The fourth-order valence-electron chi connectivity index (χ4n) is 1.84. The molecule has 0 radical (unpaired) electrons. The van der Waals surface area contributed by atoms with E-state index in [2.05, 4.69) is 12.2 Å². The Hall–Kier alpha value is -1.71. The van der Waals surface area contributed by atoms with Gasteiger partial charge in [-0.15, -0.1) is 0 Å². The molecule has 1 aromatic rings. The number of hydrogen-bond donors (Lipinski definition) is 1. The van der Waals surface area contributed by atoms with E-state index in [-0.39, 0.29) is 12.0 Å². The zero-order valence-corrected chi connectivity index (χ0v) is 11.9. The summed E-state index contributed by atoms with van der Waals surface area (Å²) in [6, 6.07) is 7.31. The summed E-state index contributed by atoms with van der Waals surface area (Å²) in [4.78, 5) is 11.7. The monoisotopic (exact) mass is 265 g/mol. The molecule has 0 aliphatic rings. The molecule has 1 aromatic carbocycles. The second-order valence-electron chi connectivity index (χ2n) is 4.32. The average molecular weight is 265 g/mol. The third-order valence-electron chi connectivity index (χ3n) is 2.82. The number of anilines is 1. The van der Waals surface area contributed by atoms with Crippen LogP contribution in [0.3, 0.4) is 0 Å². The highest BCUT2D eigenvalue weighted by Crippen LogP contribution is 2.19. The van der Waals surface area contributed by atoms with E-state index in [1.807, 2.05) is 31.2 Å². The summed E-state index contributed by atoms with van der Waals surface area (Å²) in [5, 5.41) is 3.21. The van der Waals surface area contributed by atoms with E-state index in [0.29, 0.717) is 6.61 Å². The fraction of sp³-hybridized carbons (Fsp3) is 0.533. The number of carbonyl (C=O) groups excluding carboxylic acids is 1. The molecule has 106 valence electrons. The lowest BCUT2D eigenvalue weighted by Gasteiger charge is -2.17. The van der Waals surface area contributed by atoms with Crippen molar-refractivity contribution in [3.8, 4) is 5.75 Å². The van der Waals surface area contributed by atoms with Crippen LogP contribution in [0.2, 0.25) is 0 Å². The Bertz CT molecular complexity index is 393. The topological polar surface area (TPSA) is 47.6 Å². The summed E-state index contributed by atoms with van der Waals surface area (Å²) in [7, 11) is 1.42. The number of benzene rings is 1. The number of methoxy groups -OCH3 is 1. The van der Waals surface area contributed by atoms with Crippen LogP contribution in [0.5, 0.6) is 5.75 Å². The van der Waals surface area contributed by atoms with E-state index in [1.165, 1.54) is 7.11 Å². The van der Waals surface area contributed by atoms with Crippen molar-refractivity contribution >= 4 is 11.7 Å². The van der Waals surface area contributed by atoms with Crippen LogP contribution in [0.25, 0.3) is 0 Å². The van der Waals surface area contributed by atoms with Crippen molar-refractivity contribution in [3.63, 3.8) is 0 Å². The average Bonchev–Trinajstić information content (AvgIpc) is 2.43. The lowest BCUT2D eigenvalue weighted by Crippen LogP contribution is -2.30. The van der Waals surface area contributed by atoms with Gasteiger partial charge in [-0.2, -0.15) is 0 Å². The Kier molecular flexibility index (Phi) is 6.79. The molecule has 0 spiro atoms. The van der Waals surface area contributed by atoms with Crippen LogP contribution >= 0.6 is 0 Å². The number of unbranched alkanes of at least 4 members (excludes halogenated alkanes) is 1. The molecule has 0 aliphatic heterocycles. The maximum atomic E-state index is 11.7. The summed E-state index contributed by atoms with van der Waals surface area (Å²) in [6.07, 6.45) is 2.80. The molecule has 1 unspecified atom stereocenters. The van der Waals surface area contributed by atoms with Gasteiger partial charge in [-0.3, -0.25) is 0 Å². The smallest absolute Gasteiger partial charge is 0.328 e. The van der Waals surface area contributed by atoms with Gasteiger partial charge in [0.25, 0.3) is 0 Å². The summed E-state index contributed by atoms with van der Waals surface area (Å²) in [5.74, 6) is 0.571.